The number of aliphatic hydroxyl groups excluding tert-OH is 1. The maximum Gasteiger partial charge on any atom is 0.129 e. The van der Waals surface area contributed by atoms with Crippen LogP contribution in [0.2, 0.25) is 0 Å². The zero-order valence-electron chi connectivity index (χ0n) is 10.4. The molecule has 0 saturated carbocycles. The highest BCUT2D eigenvalue weighted by atomic mass is 79.9. The van der Waals surface area contributed by atoms with Crippen LogP contribution in [0.4, 0.5) is 4.39 Å². The van der Waals surface area contributed by atoms with Gasteiger partial charge in [0.25, 0.3) is 0 Å². The van der Waals surface area contributed by atoms with E-state index < -0.39 is 6.10 Å². The molecule has 1 unspecified atom stereocenters. The molecule has 1 atom stereocenters. The van der Waals surface area contributed by atoms with Gasteiger partial charge in [-0.2, -0.15) is 0 Å². The van der Waals surface area contributed by atoms with E-state index in [1.165, 1.54) is 17.8 Å². The van der Waals surface area contributed by atoms with Crippen molar-refractivity contribution in [1.82, 2.24) is 0 Å². The van der Waals surface area contributed by atoms with Gasteiger partial charge in [0.2, 0.25) is 0 Å². The van der Waals surface area contributed by atoms with E-state index in [4.69, 9.17) is 0 Å². The molecule has 2 aromatic carbocycles. The number of thioether (sulfide) groups is 1. The fourth-order valence-corrected chi connectivity index (χ4v) is 3.21. The predicted octanol–water partition coefficient (Wildman–Crippen LogP) is 4.72. The van der Waals surface area contributed by atoms with Crippen LogP contribution < -0.4 is 0 Å². The topological polar surface area (TPSA) is 20.2 Å². The van der Waals surface area contributed by atoms with E-state index in [0.29, 0.717) is 11.3 Å². The molecule has 2 rings (SSSR count). The molecule has 0 aliphatic rings. The van der Waals surface area contributed by atoms with E-state index in [0.717, 1.165) is 14.9 Å². The molecule has 100 valence electrons. The Labute approximate surface area is 125 Å². The summed E-state index contributed by atoms with van der Waals surface area (Å²) in [7, 11) is 0. The standard InChI is InChI=1S/C15H14BrFOS/c1-10-5-6-14(17)13(7-10)15(18)9-19-12-4-2-3-11(16)8-12/h2-8,15,18H,9H2,1H3. The minimum absolute atomic E-state index is 0.354. The number of hydrogen-bond acceptors (Lipinski definition) is 2. The van der Waals surface area contributed by atoms with Crippen LogP contribution in [0.25, 0.3) is 0 Å². The van der Waals surface area contributed by atoms with E-state index >= 15 is 0 Å². The van der Waals surface area contributed by atoms with Gasteiger partial charge in [-0.1, -0.05) is 39.7 Å². The molecule has 19 heavy (non-hydrogen) atoms. The number of halogens is 2. The number of aryl methyl sites for hydroxylation is 1. The lowest BCUT2D eigenvalue weighted by Crippen LogP contribution is -2.04. The summed E-state index contributed by atoms with van der Waals surface area (Å²) in [5.41, 5.74) is 1.31. The van der Waals surface area contributed by atoms with Crippen molar-refractivity contribution >= 4 is 27.7 Å². The van der Waals surface area contributed by atoms with Gasteiger partial charge in [0, 0.05) is 20.7 Å². The summed E-state index contributed by atoms with van der Waals surface area (Å²) in [4.78, 5) is 1.04. The van der Waals surface area contributed by atoms with Crippen LogP contribution in [0.5, 0.6) is 0 Å². The molecule has 1 N–H and O–H groups in total. The molecule has 0 bridgehead atoms. The van der Waals surface area contributed by atoms with Crippen LogP contribution in [0, 0.1) is 12.7 Å². The van der Waals surface area contributed by atoms with E-state index in [9.17, 15) is 9.50 Å². The number of benzene rings is 2. The Bertz CT molecular complexity index is 574. The normalized spacial score (nSPS) is 12.4. The van der Waals surface area contributed by atoms with Gasteiger partial charge < -0.3 is 5.11 Å². The van der Waals surface area contributed by atoms with Crippen LogP contribution in [0.15, 0.2) is 51.8 Å². The van der Waals surface area contributed by atoms with Crippen LogP contribution >= 0.6 is 27.7 Å². The van der Waals surface area contributed by atoms with Crippen molar-refractivity contribution < 1.29 is 9.50 Å². The first kappa shape index (κ1) is 14.6. The largest absolute Gasteiger partial charge is 0.387 e. The quantitative estimate of drug-likeness (QED) is 0.812. The summed E-state index contributed by atoms with van der Waals surface area (Å²) < 4.78 is 14.6. The Morgan fingerprint density at radius 1 is 1.26 bits per heavy atom. The lowest BCUT2D eigenvalue weighted by Gasteiger charge is -2.12. The van der Waals surface area contributed by atoms with Crippen molar-refractivity contribution in [2.75, 3.05) is 5.75 Å². The van der Waals surface area contributed by atoms with Crippen molar-refractivity contribution in [3.05, 3.63) is 63.9 Å². The van der Waals surface area contributed by atoms with Gasteiger partial charge in [-0.05, 0) is 31.2 Å². The molecule has 0 amide bonds. The number of aliphatic hydroxyl groups is 1. The first-order valence-corrected chi connectivity index (χ1v) is 7.66. The van der Waals surface area contributed by atoms with Gasteiger partial charge in [0.05, 0.1) is 6.10 Å². The summed E-state index contributed by atoms with van der Waals surface area (Å²) in [6.07, 6.45) is -0.802. The third kappa shape index (κ3) is 4.06. The molecular formula is C15H14BrFOS. The Morgan fingerprint density at radius 3 is 2.79 bits per heavy atom. The predicted molar refractivity (Wildman–Crippen MR) is 81.0 cm³/mol. The highest BCUT2D eigenvalue weighted by Gasteiger charge is 2.13. The lowest BCUT2D eigenvalue weighted by atomic mass is 10.1. The molecule has 0 aliphatic carbocycles. The highest BCUT2D eigenvalue weighted by Crippen LogP contribution is 2.28. The molecule has 0 spiro atoms. The summed E-state index contributed by atoms with van der Waals surface area (Å²) in [6.45, 7) is 1.89. The molecule has 0 fully saturated rings. The fraction of sp³-hybridized carbons (Fsp3) is 0.200. The number of hydrogen-bond donors (Lipinski definition) is 1. The summed E-state index contributed by atoms with van der Waals surface area (Å²) >= 11 is 4.90. The maximum atomic E-state index is 13.6. The van der Waals surface area contributed by atoms with Crippen molar-refractivity contribution in [2.24, 2.45) is 0 Å². The SMILES string of the molecule is Cc1ccc(F)c(C(O)CSc2cccc(Br)c2)c1. The van der Waals surface area contributed by atoms with Gasteiger partial charge >= 0.3 is 0 Å². The molecule has 0 saturated heterocycles. The molecule has 1 nitrogen and oxygen atoms in total. The van der Waals surface area contributed by atoms with E-state index in [1.54, 1.807) is 12.1 Å². The van der Waals surface area contributed by atoms with E-state index in [2.05, 4.69) is 15.9 Å². The van der Waals surface area contributed by atoms with Gasteiger partial charge in [0.15, 0.2) is 0 Å². The van der Waals surface area contributed by atoms with Crippen LogP contribution in [0.1, 0.15) is 17.2 Å². The smallest absolute Gasteiger partial charge is 0.129 e. The minimum Gasteiger partial charge on any atom is -0.387 e. The molecule has 0 heterocycles. The van der Waals surface area contributed by atoms with Crippen molar-refractivity contribution in [2.45, 2.75) is 17.9 Å². The van der Waals surface area contributed by atoms with Crippen molar-refractivity contribution in [1.29, 1.82) is 0 Å². The monoisotopic (exact) mass is 340 g/mol. The second kappa shape index (κ2) is 6.55. The average Bonchev–Trinajstić information content (AvgIpc) is 2.39. The molecule has 0 aromatic heterocycles. The van der Waals surface area contributed by atoms with E-state index in [-0.39, 0.29) is 5.82 Å². The second-order valence-electron chi connectivity index (χ2n) is 4.31. The first-order valence-electron chi connectivity index (χ1n) is 5.89. The van der Waals surface area contributed by atoms with Crippen LogP contribution in [-0.2, 0) is 0 Å². The third-order valence-corrected chi connectivity index (χ3v) is 4.28. The first-order chi connectivity index (χ1) is 9.06. The maximum absolute atomic E-state index is 13.6. The molecule has 2 aromatic rings. The third-order valence-electron chi connectivity index (χ3n) is 2.71. The fourth-order valence-electron chi connectivity index (χ4n) is 1.74. The highest BCUT2D eigenvalue weighted by molar-refractivity contribution is 9.10. The zero-order chi connectivity index (χ0) is 13.8. The van der Waals surface area contributed by atoms with Crippen molar-refractivity contribution in [3.63, 3.8) is 0 Å². The summed E-state index contributed by atoms with van der Waals surface area (Å²) in [5, 5.41) is 10.1. The van der Waals surface area contributed by atoms with Crippen LogP contribution in [-0.4, -0.2) is 10.9 Å². The Morgan fingerprint density at radius 2 is 2.05 bits per heavy atom. The summed E-state index contributed by atoms with van der Waals surface area (Å²) in [5.74, 6) is 0.0737. The lowest BCUT2D eigenvalue weighted by molar-refractivity contribution is 0.199. The average molecular weight is 341 g/mol. The molecule has 0 radical (unpaired) electrons. The van der Waals surface area contributed by atoms with E-state index in [1.807, 2.05) is 31.2 Å². The van der Waals surface area contributed by atoms with Gasteiger partial charge in [-0.3, -0.25) is 0 Å². The Kier molecular flexibility index (Phi) is 5.02. The second-order valence-corrected chi connectivity index (χ2v) is 6.32. The molecule has 4 heteroatoms. The van der Waals surface area contributed by atoms with Gasteiger partial charge in [-0.25, -0.2) is 4.39 Å². The minimum atomic E-state index is -0.802. The number of rotatable bonds is 4. The van der Waals surface area contributed by atoms with Crippen molar-refractivity contribution in [3.8, 4) is 0 Å². The van der Waals surface area contributed by atoms with Crippen LogP contribution in [0.3, 0.4) is 0 Å². The zero-order valence-corrected chi connectivity index (χ0v) is 12.8. The summed E-state index contributed by atoms with van der Waals surface area (Å²) in [6, 6.07) is 12.6. The Hall–Kier alpha value is -0.840. The molecular weight excluding hydrogens is 327 g/mol. The molecule has 0 aliphatic heterocycles. The van der Waals surface area contributed by atoms with Gasteiger partial charge in [0.1, 0.15) is 5.82 Å². The van der Waals surface area contributed by atoms with Gasteiger partial charge in [-0.15, -0.1) is 11.8 Å². The Balaban J connectivity index is 2.05.